The van der Waals surface area contributed by atoms with Gasteiger partial charge in [-0.2, -0.15) is 5.26 Å². The minimum Gasteiger partial charge on any atom is -0.495 e. The molecule has 22 heavy (non-hydrogen) atoms. The van der Waals surface area contributed by atoms with E-state index in [0.717, 1.165) is 16.6 Å². The second-order valence-electron chi connectivity index (χ2n) is 5.34. The molecule has 4 nitrogen and oxygen atoms in total. The van der Waals surface area contributed by atoms with E-state index >= 15 is 0 Å². The maximum Gasteiger partial charge on any atom is 0.139 e. The Labute approximate surface area is 131 Å². The molecule has 0 aliphatic carbocycles. The lowest BCUT2D eigenvalue weighted by Crippen LogP contribution is -2.10. The fourth-order valence-corrected chi connectivity index (χ4v) is 3.93. The summed E-state index contributed by atoms with van der Waals surface area (Å²) in [5, 5.41) is 9.90. The van der Waals surface area contributed by atoms with E-state index in [1.165, 1.54) is 0 Å². The molecule has 1 aromatic heterocycles. The molecule has 0 aliphatic rings. The first-order valence-corrected chi connectivity index (χ1v) is 9.37. The van der Waals surface area contributed by atoms with Crippen molar-refractivity contribution in [3.05, 3.63) is 53.3 Å². The van der Waals surface area contributed by atoms with E-state index in [0.29, 0.717) is 23.9 Å². The predicted molar refractivity (Wildman–Crippen MR) is 88.4 cm³/mol. The van der Waals surface area contributed by atoms with Crippen LogP contribution in [0, 0.1) is 18.3 Å². The Morgan fingerprint density at radius 3 is 2.68 bits per heavy atom. The average molecular weight is 314 g/mol. The van der Waals surface area contributed by atoms with E-state index < -0.39 is 7.14 Å². The molecule has 0 N–H and O–H groups in total. The van der Waals surface area contributed by atoms with Crippen molar-refractivity contribution in [2.75, 3.05) is 19.9 Å². The van der Waals surface area contributed by atoms with Gasteiger partial charge in [-0.05, 0) is 43.8 Å². The molecule has 0 saturated heterocycles. The van der Waals surface area contributed by atoms with Gasteiger partial charge in [0.1, 0.15) is 19.0 Å². The van der Waals surface area contributed by atoms with E-state index in [-0.39, 0.29) is 0 Å². The standard InChI is InChI=1S/C17H19N2O2P/c1-13-7-8-16(12-19-13)22(3,20)10-9-14-5-4-6-15(11-18)17(14)21-2/h4-8,12H,9-10H2,1-3H3. The predicted octanol–water partition coefficient (Wildman–Crippen LogP) is 3.13. The topological polar surface area (TPSA) is 63.0 Å². The molecule has 0 bridgehead atoms. The number of rotatable bonds is 5. The molecule has 1 aromatic carbocycles. The Morgan fingerprint density at radius 2 is 2.09 bits per heavy atom. The SMILES string of the molecule is COc1c(C#N)cccc1CCP(C)(=O)c1ccc(C)nc1. The molecular formula is C17H19N2O2P. The lowest BCUT2D eigenvalue weighted by molar-refractivity contribution is 0.409. The fourth-order valence-electron chi connectivity index (χ4n) is 2.31. The van der Waals surface area contributed by atoms with Crippen molar-refractivity contribution >= 4 is 12.4 Å². The molecule has 0 aliphatic heterocycles. The fraction of sp³-hybridized carbons (Fsp3) is 0.294. The number of para-hydroxylation sites is 1. The van der Waals surface area contributed by atoms with Crippen molar-refractivity contribution in [2.45, 2.75) is 13.3 Å². The lowest BCUT2D eigenvalue weighted by Gasteiger charge is -2.15. The van der Waals surface area contributed by atoms with Crippen LogP contribution in [0.15, 0.2) is 36.5 Å². The largest absolute Gasteiger partial charge is 0.495 e. The second-order valence-corrected chi connectivity index (χ2v) is 8.51. The molecule has 0 fully saturated rings. The van der Waals surface area contributed by atoms with E-state index in [4.69, 9.17) is 10.00 Å². The zero-order valence-electron chi connectivity index (χ0n) is 13.0. The number of hydrogen-bond donors (Lipinski definition) is 0. The van der Waals surface area contributed by atoms with Gasteiger partial charge < -0.3 is 9.30 Å². The van der Waals surface area contributed by atoms with Crippen LogP contribution < -0.4 is 10.0 Å². The number of nitriles is 1. The molecule has 1 atom stereocenters. The van der Waals surface area contributed by atoms with Gasteiger partial charge in [0.2, 0.25) is 0 Å². The molecule has 114 valence electrons. The maximum atomic E-state index is 12.9. The Kier molecular flexibility index (Phi) is 5.00. The summed E-state index contributed by atoms with van der Waals surface area (Å²) in [7, 11) is -0.934. The third-order valence-corrected chi connectivity index (χ3v) is 6.10. The summed E-state index contributed by atoms with van der Waals surface area (Å²) in [5.74, 6) is 0.576. The number of aromatic nitrogens is 1. The van der Waals surface area contributed by atoms with Gasteiger partial charge >= 0.3 is 0 Å². The Balaban J connectivity index is 2.21. The molecule has 0 saturated carbocycles. The molecule has 0 radical (unpaired) electrons. The van der Waals surface area contributed by atoms with Crippen molar-refractivity contribution in [1.29, 1.82) is 5.26 Å². The van der Waals surface area contributed by atoms with Crippen LogP contribution >= 0.6 is 7.14 Å². The first-order valence-electron chi connectivity index (χ1n) is 7.03. The molecule has 0 amide bonds. The first kappa shape index (κ1) is 16.3. The van der Waals surface area contributed by atoms with Gasteiger partial charge in [0, 0.05) is 23.4 Å². The van der Waals surface area contributed by atoms with Crippen molar-refractivity contribution < 1.29 is 9.30 Å². The zero-order chi connectivity index (χ0) is 16.2. The van der Waals surface area contributed by atoms with Crippen LogP contribution in [0.25, 0.3) is 0 Å². The van der Waals surface area contributed by atoms with E-state index in [9.17, 15) is 4.57 Å². The van der Waals surface area contributed by atoms with Crippen LogP contribution in [0.4, 0.5) is 0 Å². The molecule has 2 aromatic rings. The van der Waals surface area contributed by atoms with Crippen LogP contribution in [0.5, 0.6) is 5.75 Å². The molecule has 5 heteroatoms. The summed E-state index contributed by atoms with van der Waals surface area (Å²) in [4.78, 5) is 4.22. The summed E-state index contributed by atoms with van der Waals surface area (Å²) in [6, 6.07) is 11.3. The number of hydrogen-bond acceptors (Lipinski definition) is 4. The second kappa shape index (κ2) is 6.77. The number of pyridine rings is 1. The van der Waals surface area contributed by atoms with E-state index in [1.807, 2.05) is 31.2 Å². The summed E-state index contributed by atoms with van der Waals surface area (Å²) in [6.07, 6.45) is 2.81. The maximum absolute atomic E-state index is 12.9. The quantitative estimate of drug-likeness (QED) is 0.795. The zero-order valence-corrected chi connectivity index (χ0v) is 13.9. The highest BCUT2D eigenvalue weighted by atomic mass is 31.2. The van der Waals surface area contributed by atoms with Gasteiger partial charge in [0.05, 0.1) is 12.7 Å². The summed E-state index contributed by atoms with van der Waals surface area (Å²) in [5.41, 5.74) is 2.32. The Hall–Kier alpha value is -2.11. The monoisotopic (exact) mass is 314 g/mol. The Bertz CT molecular complexity index is 748. The third kappa shape index (κ3) is 3.55. The number of nitrogens with zero attached hydrogens (tertiary/aromatic N) is 2. The Morgan fingerprint density at radius 1 is 1.32 bits per heavy atom. The highest BCUT2D eigenvalue weighted by Crippen LogP contribution is 2.41. The van der Waals surface area contributed by atoms with Crippen LogP contribution in [-0.4, -0.2) is 24.9 Å². The number of ether oxygens (including phenoxy) is 1. The van der Waals surface area contributed by atoms with Crippen molar-refractivity contribution in [1.82, 2.24) is 4.98 Å². The molecule has 1 unspecified atom stereocenters. The molecule has 2 rings (SSSR count). The number of methoxy groups -OCH3 is 1. The van der Waals surface area contributed by atoms with Crippen LogP contribution in [0.3, 0.4) is 0 Å². The average Bonchev–Trinajstić information content (AvgIpc) is 2.52. The van der Waals surface area contributed by atoms with E-state index in [2.05, 4.69) is 11.1 Å². The van der Waals surface area contributed by atoms with Crippen molar-refractivity contribution in [3.63, 3.8) is 0 Å². The summed E-state index contributed by atoms with van der Waals surface area (Å²) >= 11 is 0. The number of aryl methyl sites for hydroxylation is 2. The smallest absolute Gasteiger partial charge is 0.139 e. The van der Waals surface area contributed by atoms with Gasteiger partial charge in [-0.3, -0.25) is 4.98 Å². The first-order chi connectivity index (χ1) is 10.5. The molecular weight excluding hydrogens is 295 g/mol. The summed E-state index contributed by atoms with van der Waals surface area (Å²) in [6.45, 7) is 3.68. The molecule has 0 spiro atoms. The lowest BCUT2D eigenvalue weighted by atomic mass is 10.1. The summed E-state index contributed by atoms with van der Waals surface area (Å²) < 4.78 is 18.2. The third-order valence-electron chi connectivity index (χ3n) is 3.67. The minimum atomic E-state index is -2.49. The van der Waals surface area contributed by atoms with Crippen LogP contribution in [-0.2, 0) is 11.0 Å². The normalized spacial score (nSPS) is 13.2. The van der Waals surface area contributed by atoms with Gasteiger partial charge in [0.25, 0.3) is 0 Å². The van der Waals surface area contributed by atoms with Gasteiger partial charge in [-0.15, -0.1) is 0 Å². The van der Waals surface area contributed by atoms with Gasteiger partial charge in [-0.25, -0.2) is 0 Å². The van der Waals surface area contributed by atoms with Crippen molar-refractivity contribution in [2.24, 2.45) is 0 Å². The van der Waals surface area contributed by atoms with E-state index in [1.54, 1.807) is 26.0 Å². The number of benzene rings is 1. The van der Waals surface area contributed by atoms with Crippen LogP contribution in [0.2, 0.25) is 0 Å². The van der Waals surface area contributed by atoms with Gasteiger partial charge in [0.15, 0.2) is 0 Å². The van der Waals surface area contributed by atoms with Crippen LogP contribution in [0.1, 0.15) is 16.8 Å². The van der Waals surface area contributed by atoms with Gasteiger partial charge in [-0.1, -0.05) is 12.1 Å². The van der Waals surface area contributed by atoms with Crippen molar-refractivity contribution in [3.8, 4) is 11.8 Å². The highest BCUT2D eigenvalue weighted by Gasteiger charge is 2.20. The molecule has 1 heterocycles. The minimum absolute atomic E-state index is 0.503. The highest BCUT2D eigenvalue weighted by molar-refractivity contribution is 7.70.